The lowest BCUT2D eigenvalue weighted by Gasteiger charge is -2.35. The Balaban J connectivity index is 0.00000420. The quantitative estimate of drug-likeness (QED) is 0.222. The van der Waals surface area contributed by atoms with Crippen LogP contribution in [0.15, 0.2) is 35.3 Å². The van der Waals surface area contributed by atoms with Crippen LogP contribution in [0, 0.1) is 0 Å². The Morgan fingerprint density at radius 1 is 1.14 bits per heavy atom. The maximum atomic E-state index is 12.4. The van der Waals surface area contributed by atoms with Crippen LogP contribution < -0.4 is 10.1 Å². The second-order valence-corrected chi connectivity index (χ2v) is 8.85. The first-order valence-corrected chi connectivity index (χ1v) is 11.3. The van der Waals surface area contributed by atoms with Gasteiger partial charge in [-0.2, -0.15) is 4.31 Å². The smallest absolute Gasteiger partial charge is 0.216 e. The Morgan fingerprint density at radius 2 is 1.79 bits per heavy atom. The lowest BCUT2D eigenvalue weighted by molar-refractivity contribution is 0.0904. The predicted octanol–water partition coefficient (Wildman–Crippen LogP) is 1.63. The number of nitrogens with one attached hydrogen (secondary N) is 1. The Morgan fingerprint density at radius 3 is 2.38 bits per heavy atom. The van der Waals surface area contributed by atoms with E-state index in [1.807, 2.05) is 44.2 Å². The van der Waals surface area contributed by atoms with Crippen LogP contribution in [0.25, 0.3) is 0 Å². The highest BCUT2D eigenvalue weighted by Crippen LogP contribution is 2.09. The standard InChI is InChI=1S/C19H32N4O4S.HI/c1-17(2)26-15-16-28(24,25)23-12-10-22(11-13-23)19(20-3)21-9-14-27-18-7-5-4-6-8-18;/h4-8,17H,9-16H2,1-3H3,(H,20,21);1H. The van der Waals surface area contributed by atoms with Crippen LogP contribution in [-0.4, -0.2) is 88.4 Å². The number of sulfonamides is 1. The molecule has 0 bridgehead atoms. The third-order valence-electron chi connectivity index (χ3n) is 4.33. The largest absolute Gasteiger partial charge is 0.492 e. The van der Waals surface area contributed by atoms with Crippen molar-refractivity contribution in [1.82, 2.24) is 14.5 Å². The first-order valence-electron chi connectivity index (χ1n) is 9.65. The Kier molecular flexibility index (Phi) is 11.8. The summed E-state index contributed by atoms with van der Waals surface area (Å²) < 4.78 is 37.4. The summed E-state index contributed by atoms with van der Waals surface area (Å²) in [7, 11) is -1.56. The number of para-hydroxylation sites is 1. The van der Waals surface area contributed by atoms with Crippen LogP contribution in [0.1, 0.15) is 13.8 Å². The molecule has 0 aromatic heterocycles. The van der Waals surface area contributed by atoms with Crippen molar-refractivity contribution < 1.29 is 17.9 Å². The molecule has 1 aromatic carbocycles. The summed E-state index contributed by atoms with van der Waals surface area (Å²) in [6, 6.07) is 9.65. The third-order valence-corrected chi connectivity index (χ3v) is 6.17. The molecular formula is C19H33IN4O4S. The number of aliphatic imine (C=N–C) groups is 1. The maximum Gasteiger partial charge on any atom is 0.216 e. The minimum atomic E-state index is -3.29. The van der Waals surface area contributed by atoms with E-state index >= 15 is 0 Å². The number of piperazine rings is 1. The number of hydrogen-bond acceptors (Lipinski definition) is 5. The van der Waals surface area contributed by atoms with Gasteiger partial charge in [0.1, 0.15) is 12.4 Å². The Labute approximate surface area is 191 Å². The SMILES string of the molecule is CN=C(NCCOc1ccccc1)N1CCN(S(=O)(=O)CCOC(C)C)CC1.I. The van der Waals surface area contributed by atoms with Crippen LogP contribution in [0.4, 0.5) is 0 Å². The number of nitrogens with zero attached hydrogens (tertiary/aromatic N) is 3. The minimum Gasteiger partial charge on any atom is -0.492 e. The third kappa shape index (κ3) is 9.06. The summed E-state index contributed by atoms with van der Waals surface area (Å²) in [6.45, 7) is 7.26. The molecule has 0 saturated carbocycles. The molecule has 10 heteroatoms. The first-order chi connectivity index (χ1) is 13.4. The predicted molar refractivity (Wildman–Crippen MR) is 127 cm³/mol. The van der Waals surface area contributed by atoms with Crippen molar-refractivity contribution in [2.75, 3.05) is 58.7 Å². The molecule has 0 unspecified atom stereocenters. The van der Waals surface area contributed by atoms with Crippen molar-refractivity contribution >= 4 is 40.0 Å². The van der Waals surface area contributed by atoms with Gasteiger partial charge in [0.05, 0.1) is 25.0 Å². The van der Waals surface area contributed by atoms with Gasteiger partial charge < -0.3 is 19.7 Å². The van der Waals surface area contributed by atoms with Crippen LogP contribution in [0.3, 0.4) is 0 Å². The molecule has 0 amide bonds. The lowest BCUT2D eigenvalue weighted by atomic mass is 10.3. The fourth-order valence-electron chi connectivity index (χ4n) is 2.88. The second kappa shape index (κ2) is 13.2. The minimum absolute atomic E-state index is 0. The van der Waals surface area contributed by atoms with Gasteiger partial charge in [-0.15, -0.1) is 24.0 Å². The van der Waals surface area contributed by atoms with Gasteiger partial charge in [-0.05, 0) is 26.0 Å². The zero-order chi connectivity index (χ0) is 20.4. The summed E-state index contributed by atoms with van der Waals surface area (Å²) in [5, 5.41) is 3.27. The monoisotopic (exact) mass is 540 g/mol. The van der Waals surface area contributed by atoms with Gasteiger partial charge in [0.15, 0.2) is 5.96 Å². The van der Waals surface area contributed by atoms with E-state index in [0.717, 1.165) is 11.7 Å². The van der Waals surface area contributed by atoms with E-state index in [-0.39, 0.29) is 42.4 Å². The van der Waals surface area contributed by atoms with E-state index in [1.54, 1.807) is 11.4 Å². The van der Waals surface area contributed by atoms with Gasteiger partial charge >= 0.3 is 0 Å². The maximum absolute atomic E-state index is 12.4. The normalized spacial score (nSPS) is 15.9. The highest BCUT2D eigenvalue weighted by molar-refractivity contribution is 14.0. The zero-order valence-electron chi connectivity index (χ0n) is 17.4. The summed E-state index contributed by atoms with van der Waals surface area (Å²) in [6.07, 6.45) is 0.0346. The van der Waals surface area contributed by atoms with Crippen molar-refractivity contribution in [3.63, 3.8) is 0 Å². The van der Waals surface area contributed by atoms with Gasteiger partial charge in [0.25, 0.3) is 0 Å². The number of ether oxygens (including phenoxy) is 2. The molecule has 0 spiro atoms. The topological polar surface area (TPSA) is 83.5 Å². The molecule has 166 valence electrons. The molecule has 0 atom stereocenters. The lowest BCUT2D eigenvalue weighted by Crippen LogP contribution is -2.54. The average Bonchev–Trinajstić information content (AvgIpc) is 2.68. The van der Waals surface area contributed by atoms with Crippen molar-refractivity contribution in [2.45, 2.75) is 20.0 Å². The van der Waals surface area contributed by atoms with Crippen LogP contribution in [-0.2, 0) is 14.8 Å². The highest BCUT2D eigenvalue weighted by Gasteiger charge is 2.27. The van der Waals surface area contributed by atoms with E-state index in [9.17, 15) is 8.42 Å². The molecule has 1 aliphatic heterocycles. The van der Waals surface area contributed by atoms with Gasteiger partial charge in [0.2, 0.25) is 10.0 Å². The van der Waals surface area contributed by atoms with E-state index in [1.165, 1.54) is 0 Å². The van der Waals surface area contributed by atoms with Crippen LogP contribution >= 0.6 is 24.0 Å². The number of halogens is 1. The van der Waals surface area contributed by atoms with Crippen molar-refractivity contribution in [3.8, 4) is 5.75 Å². The molecule has 1 fully saturated rings. The van der Waals surface area contributed by atoms with Crippen molar-refractivity contribution in [3.05, 3.63) is 30.3 Å². The summed E-state index contributed by atoms with van der Waals surface area (Å²) in [5.74, 6) is 1.62. The molecule has 1 saturated heterocycles. The Bertz CT molecular complexity index is 708. The molecule has 2 rings (SSSR count). The Hall–Kier alpha value is -1.11. The van der Waals surface area contributed by atoms with E-state index in [2.05, 4.69) is 15.2 Å². The summed E-state index contributed by atoms with van der Waals surface area (Å²) in [4.78, 5) is 6.37. The van der Waals surface area contributed by atoms with Gasteiger partial charge in [0, 0.05) is 33.2 Å². The van der Waals surface area contributed by atoms with Gasteiger partial charge in [-0.1, -0.05) is 18.2 Å². The van der Waals surface area contributed by atoms with Crippen LogP contribution in [0.5, 0.6) is 5.75 Å². The molecule has 1 aromatic rings. The molecule has 0 aliphatic carbocycles. The number of guanidine groups is 1. The summed E-state index contributed by atoms with van der Waals surface area (Å²) in [5.41, 5.74) is 0. The zero-order valence-corrected chi connectivity index (χ0v) is 20.6. The molecule has 1 N–H and O–H groups in total. The van der Waals surface area contributed by atoms with E-state index in [4.69, 9.17) is 9.47 Å². The second-order valence-electron chi connectivity index (χ2n) is 6.76. The van der Waals surface area contributed by atoms with E-state index in [0.29, 0.717) is 39.3 Å². The molecule has 0 radical (unpaired) electrons. The fourth-order valence-corrected chi connectivity index (χ4v) is 4.16. The van der Waals surface area contributed by atoms with Gasteiger partial charge in [-0.25, -0.2) is 8.42 Å². The van der Waals surface area contributed by atoms with Gasteiger partial charge in [-0.3, -0.25) is 4.99 Å². The summed E-state index contributed by atoms with van der Waals surface area (Å²) >= 11 is 0. The molecule has 8 nitrogen and oxygen atoms in total. The van der Waals surface area contributed by atoms with Crippen molar-refractivity contribution in [1.29, 1.82) is 0 Å². The molecular weight excluding hydrogens is 507 g/mol. The molecule has 1 heterocycles. The molecule has 29 heavy (non-hydrogen) atoms. The van der Waals surface area contributed by atoms with E-state index < -0.39 is 10.0 Å². The number of rotatable bonds is 9. The highest BCUT2D eigenvalue weighted by atomic mass is 127. The number of hydrogen-bond donors (Lipinski definition) is 1. The number of benzene rings is 1. The first kappa shape index (κ1) is 25.9. The van der Waals surface area contributed by atoms with Crippen molar-refractivity contribution in [2.24, 2.45) is 4.99 Å². The molecule has 1 aliphatic rings. The van der Waals surface area contributed by atoms with Crippen LogP contribution in [0.2, 0.25) is 0 Å². The average molecular weight is 540 g/mol. The fraction of sp³-hybridized carbons (Fsp3) is 0.632.